The molecule has 0 heterocycles. The summed E-state index contributed by atoms with van der Waals surface area (Å²) in [6, 6.07) is 15.6. The molecule has 0 unspecified atom stereocenters. The van der Waals surface area contributed by atoms with E-state index in [2.05, 4.69) is 30.4 Å². The molecule has 1 atom stereocenters. The van der Waals surface area contributed by atoms with Crippen LogP contribution in [0.5, 0.6) is 0 Å². The molecule has 0 saturated heterocycles. The van der Waals surface area contributed by atoms with Gasteiger partial charge in [-0.05, 0) is 43.4 Å². The molecule has 3 rings (SSSR count). The molecule has 2 aromatic rings. The van der Waals surface area contributed by atoms with Crippen molar-refractivity contribution in [3.05, 3.63) is 70.2 Å². The normalized spacial score (nSPS) is 15.1. The summed E-state index contributed by atoms with van der Waals surface area (Å²) in [7, 11) is 0. The highest BCUT2D eigenvalue weighted by Gasteiger charge is 2.30. The van der Waals surface area contributed by atoms with Crippen LogP contribution >= 0.6 is 23.4 Å². The van der Waals surface area contributed by atoms with Crippen LogP contribution in [0.15, 0.2) is 48.5 Å². The Labute approximate surface area is 207 Å². The Kier molecular flexibility index (Phi) is 10.1. The molecule has 0 aromatic heterocycles. The highest BCUT2D eigenvalue weighted by Crippen LogP contribution is 2.23. The largest absolute Gasteiger partial charge is 0.352 e. The maximum atomic E-state index is 13.4. The molecule has 0 aliphatic heterocycles. The number of hydrogen-bond donors (Lipinski definition) is 1. The molecule has 2 aromatic carbocycles. The second-order valence-electron chi connectivity index (χ2n) is 8.86. The smallest absolute Gasteiger partial charge is 0.243 e. The van der Waals surface area contributed by atoms with Gasteiger partial charge in [-0.3, -0.25) is 9.59 Å². The lowest BCUT2D eigenvalue weighted by Crippen LogP contribution is -2.52. The minimum atomic E-state index is -0.504. The number of carbonyl (C=O) groups excluding carboxylic acids is 2. The predicted molar refractivity (Wildman–Crippen MR) is 138 cm³/mol. The van der Waals surface area contributed by atoms with Crippen LogP contribution in [0, 0.1) is 6.92 Å². The van der Waals surface area contributed by atoms with Crippen LogP contribution in [0.3, 0.4) is 0 Å². The Balaban J connectivity index is 1.71. The summed E-state index contributed by atoms with van der Waals surface area (Å²) in [5.74, 6) is 1.01. The van der Waals surface area contributed by atoms with Gasteiger partial charge in [0.15, 0.2) is 0 Å². The first-order chi connectivity index (χ1) is 16.0. The standard InChI is InChI=1S/C27H35ClN2O2S/c1-3-25(27(32)29-23-13-5-4-6-14-23)30(17-22-12-7-8-15-24(22)28)26(31)19-33-18-21-11-9-10-20(2)16-21/h7-12,15-16,23,25H,3-6,13-14,17-19H2,1-2H3,(H,29,32)/t25-/m0/s1. The summed E-state index contributed by atoms with van der Waals surface area (Å²) >= 11 is 8.00. The van der Waals surface area contributed by atoms with E-state index in [1.165, 1.54) is 17.5 Å². The van der Waals surface area contributed by atoms with Crippen molar-refractivity contribution in [1.82, 2.24) is 10.2 Å². The zero-order valence-corrected chi connectivity index (χ0v) is 21.3. The Morgan fingerprint density at radius 2 is 1.88 bits per heavy atom. The topological polar surface area (TPSA) is 49.4 Å². The van der Waals surface area contributed by atoms with Crippen LogP contribution in [0.25, 0.3) is 0 Å². The first-order valence-electron chi connectivity index (χ1n) is 11.9. The molecular formula is C27H35ClN2O2S. The fourth-order valence-corrected chi connectivity index (χ4v) is 5.47. The number of halogens is 1. The average Bonchev–Trinajstić information content (AvgIpc) is 2.81. The molecule has 0 bridgehead atoms. The Morgan fingerprint density at radius 3 is 2.58 bits per heavy atom. The van der Waals surface area contributed by atoms with Crippen molar-refractivity contribution < 1.29 is 9.59 Å². The van der Waals surface area contributed by atoms with Gasteiger partial charge in [0, 0.05) is 23.4 Å². The average molecular weight is 487 g/mol. The highest BCUT2D eigenvalue weighted by molar-refractivity contribution is 7.99. The van der Waals surface area contributed by atoms with Gasteiger partial charge in [-0.2, -0.15) is 0 Å². The van der Waals surface area contributed by atoms with Crippen LogP contribution in [0.2, 0.25) is 5.02 Å². The van der Waals surface area contributed by atoms with Crippen LogP contribution in [0.1, 0.15) is 62.1 Å². The molecule has 178 valence electrons. The highest BCUT2D eigenvalue weighted by atomic mass is 35.5. The lowest BCUT2D eigenvalue weighted by Gasteiger charge is -2.33. The van der Waals surface area contributed by atoms with Gasteiger partial charge in [0.2, 0.25) is 11.8 Å². The van der Waals surface area contributed by atoms with E-state index in [0.717, 1.165) is 37.0 Å². The third-order valence-corrected chi connectivity index (χ3v) is 7.57. The zero-order valence-electron chi connectivity index (χ0n) is 19.7. The van der Waals surface area contributed by atoms with E-state index in [0.29, 0.717) is 23.7 Å². The lowest BCUT2D eigenvalue weighted by molar-refractivity contribution is -0.139. The lowest BCUT2D eigenvalue weighted by atomic mass is 9.95. The van der Waals surface area contributed by atoms with Gasteiger partial charge < -0.3 is 10.2 Å². The number of amides is 2. The van der Waals surface area contributed by atoms with Crippen LogP contribution in [-0.2, 0) is 21.9 Å². The minimum Gasteiger partial charge on any atom is -0.352 e. The Morgan fingerprint density at radius 1 is 1.12 bits per heavy atom. The minimum absolute atomic E-state index is 0.0294. The van der Waals surface area contributed by atoms with Gasteiger partial charge in [-0.1, -0.05) is 85.8 Å². The number of thioether (sulfide) groups is 1. The summed E-state index contributed by atoms with van der Waals surface area (Å²) in [5.41, 5.74) is 3.28. The number of nitrogens with one attached hydrogen (secondary N) is 1. The second kappa shape index (κ2) is 13.0. The van der Waals surface area contributed by atoms with Crippen molar-refractivity contribution in [3.63, 3.8) is 0 Å². The summed E-state index contributed by atoms with van der Waals surface area (Å²) in [6.45, 7) is 4.37. The maximum Gasteiger partial charge on any atom is 0.243 e. The molecule has 1 aliphatic carbocycles. The summed E-state index contributed by atoms with van der Waals surface area (Å²) in [6.07, 6.45) is 6.15. The van der Waals surface area contributed by atoms with Crippen molar-refractivity contribution in [2.45, 2.75) is 76.8 Å². The zero-order chi connectivity index (χ0) is 23.6. The van der Waals surface area contributed by atoms with Gasteiger partial charge in [0.05, 0.1) is 5.75 Å². The SMILES string of the molecule is CC[C@@H](C(=O)NC1CCCCC1)N(Cc1ccccc1Cl)C(=O)CSCc1cccc(C)c1. The Bertz CT molecular complexity index is 930. The molecule has 1 N–H and O–H groups in total. The third kappa shape index (κ3) is 7.79. The molecule has 0 radical (unpaired) electrons. The van der Waals surface area contributed by atoms with Crippen molar-refractivity contribution >= 4 is 35.2 Å². The van der Waals surface area contributed by atoms with Gasteiger partial charge in [-0.25, -0.2) is 0 Å². The fraction of sp³-hybridized carbons (Fsp3) is 0.481. The Hall–Kier alpha value is -1.98. The number of nitrogens with zero attached hydrogens (tertiary/aromatic N) is 1. The van der Waals surface area contributed by atoms with Crippen LogP contribution < -0.4 is 5.32 Å². The third-order valence-electron chi connectivity index (χ3n) is 6.21. The van der Waals surface area contributed by atoms with Gasteiger partial charge in [-0.15, -0.1) is 11.8 Å². The molecule has 0 spiro atoms. The summed E-state index contributed by atoms with van der Waals surface area (Å²) < 4.78 is 0. The number of hydrogen-bond acceptors (Lipinski definition) is 3. The fourth-order valence-electron chi connectivity index (χ4n) is 4.41. The van der Waals surface area contributed by atoms with E-state index in [9.17, 15) is 9.59 Å². The predicted octanol–water partition coefficient (Wildman–Crippen LogP) is 6.14. The van der Waals surface area contributed by atoms with Crippen molar-refractivity contribution in [1.29, 1.82) is 0 Å². The van der Waals surface area contributed by atoms with E-state index in [1.54, 1.807) is 16.7 Å². The van der Waals surface area contributed by atoms with E-state index >= 15 is 0 Å². The van der Waals surface area contributed by atoms with Crippen molar-refractivity contribution in [2.75, 3.05) is 5.75 Å². The van der Waals surface area contributed by atoms with Crippen LogP contribution in [-0.4, -0.2) is 34.6 Å². The number of rotatable bonds is 10. The van der Waals surface area contributed by atoms with E-state index in [4.69, 9.17) is 11.6 Å². The van der Waals surface area contributed by atoms with E-state index < -0.39 is 6.04 Å². The second-order valence-corrected chi connectivity index (χ2v) is 10.3. The van der Waals surface area contributed by atoms with Gasteiger partial charge >= 0.3 is 0 Å². The number of carbonyl (C=O) groups is 2. The first kappa shape index (κ1) is 25.6. The van der Waals surface area contributed by atoms with Crippen LogP contribution in [0.4, 0.5) is 0 Å². The quantitative estimate of drug-likeness (QED) is 0.439. The molecule has 1 fully saturated rings. The molecule has 33 heavy (non-hydrogen) atoms. The monoisotopic (exact) mass is 486 g/mol. The van der Waals surface area contributed by atoms with Gasteiger partial charge in [0.1, 0.15) is 6.04 Å². The molecule has 1 aliphatic rings. The number of aryl methyl sites for hydroxylation is 1. The molecule has 2 amide bonds. The molecule has 4 nitrogen and oxygen atoms in total. The van der Waals surface area contributed by atoms with Crippen molar-refractivity contribution in [3.8, 4) is 0 Å². The first-order valence-corrected chi connectivity index (χ1v) is 13.5. The van der Waals surface area contributed by atoms with Crippen molar-refractivity contribution in [2.24, 2.45) is 0 Å². The summed E-state index contributed by atoms with van der Waals surface area (Å²) in [5, 5.41) is 3.84. The number of benzene rings is 2. The van der Waals surface area contributed by atoms with Gasteiger partial charge in [0.25, 0.3) is 0 Å². The maximum absolute atomic E-state index is 13.4. The molecule has 1 saturated carbocycles. The molecular weight excluding hydrogens is 452 g/mol. The molecule has 6 heteroatoms. The van der Waals surface area contributed by atoms with E-state index in [-0.39, 0.29) is 17.9 Å². The summed E-state index contributed by atoms with van der Waals surface area (Å²) in [4.78, 5) is 28.4. The van der Waals surface area contributed by atoms with E-state index in [1.807, 2.05) is 37.3 Å².